The van der Waals surface area contributed by atoms with Crippen molar-refractivity contribution in [3.8, 4) is 11.1 Å². The molecule has 0 bridgehead atoms. The van der Waals surface area contributed by atoms with Crippen LogP contribution in [0.4, 0.5) is 0 Å². The van der Waals surface area contributed by atoms with E-state index in [-0.39, 0.29) is 6.17 Å². The van der Waals surface area contributed by atoms with Gasteiger partial charge in [0, 0.05) is 67.8 Å². The second kappa shape index (κ2) is 11.2. The van der Waals surface area contributed by atoms with E-state index in [4.69, 9.17) is 14.4 Å². The van der Waals surface area contributed by atoms with Crippen LogP contribution in [-0.2, 0) is 0 Å². The highest BCUT2D eigenvalue weighted by Gasteiger charge is 2.26. The van der Waals surface area contributed by atoms with Crippen molar-refractivity contribution < 1.29 is 4.42 Å². The molecule has 1 aliphatic rings. The highest BCUT2D eigenvalue weighted by atomic mass is 32.1. The van der Waals surface area contributed by atoms with E-state index in [1.165, 1.54) is 51.5 Å². The lowest BCUT2D eigenvalue weighted by Crippen LogP contribution is -2.33. The van der Waals surface area contributed by atoms with Gasteiger partial charge in [0.05, 0.1) is 0 Å². The van der Waals surface area contributed by atoms with Crippen molar-refractivity contribution in [1.82, 2.24) is 5.32 Å². The first kappa shape index (κ1) is 28.7. The number of para-hydroxylation sites is 1. The van der Waals surface area contributed by atoms with Crippen molar-refractivity contribution in [1.29, 1.82) is 0 Å². The van der Waals surface area contributed by atoms with Gasteiger partial charge in [-0.3, -0.25) is 0 Å². The van der Waals surface area contributed by atoms with Crippen molar-refractivity contribution >= 4 is 96.6 Å². The molecule has 51 heavy (non-hydrogen) atoms. The zero-order valence-corrected chi connectivity index (χ0v) is 28.8. The molecule has 1 aliphatic heterocycles. The van der Waals surface area contributed by atoms with Gasteiger partial charge < -0.3 is 9.73 Å². The quantitative estimate of drug-likeness (QED) is 0.200. The molecule has 3 aromatic heterocycles. The minimum Gasteiger partial charge on any atom is -0.456 e. The minimum atomic E-state index is -0.365. The molecule has 0 saturated heterocycles. The van der Waals surface area contributed by atoms with Crippen molar-refractivity contribution in [3.05, 3.63) is 168 Å². The average molecular weight is 690 g/mol. The maximum absolute atomic E-state index is 6.27. The smallest absolute Gasteiger partial charge is 0.160 e. The van der Waals surface area contributed by atoms with Crippen LogP contribution in [0.25, 0.3) is 73.4 Å². The predicted molar refractivity (Wildman–Crippen MR) is 217 cm³/mol. The molecule has 1 unspecified atom stereocenters. The number of nitrogens with zero attached hydrogens (tertiary/aromatic N) is 2. The molecular formula is C45H27N3OS2. The summed E-state index contributed by atoms with van der Waals surface area (Å²) in [6.45, 7) is 0. The number of thiophene rings is 2. The van der Waals surface area contributed by atoms with Crippen LogP contribution in [0.5, 0.6) is 0 Å². The summed E-state index contributed by atoms with van der Waals surface area (Å²) in [5.74, 6) is 1.52. The van der Waals surface area contributed by atoms with Crippen LogP contribution >= 0.6 is 22.7 Å². The number of hydrogen-bond acceptors (Lipinski definition) is 6. The molecule has 1 N–H and O–H groups in total. The van der Waals surface area contributed by atoms with E-state index >= 15 is 0 Å². The number of furan rings is 1. The van der Waals surface area contributed by atoms with E-state index in [9.17, 15) is 0 Å². The number of rotatable bonds is 4. The fourth-order valence-corrected chi connectivity index (χ4v) is 10.1. The van der Waals surface area contributed by atoms with Gasteiger partial charge in [0.2, 0.25) is 0 Å². The Morgan fingerprint density at radius 1 is 0.510 bits per heavy atom. The molecule has 0 aliphatic carbocycles. The van der Waals surface area contributed by atoms with Crippen LogP contribution in [0.3, 0.4) is 0 Å². The molecule has 10 aromatic rings. The first-order valence-corrected chi connectivity index (χ1v) is 18.6. The normalized spacial score (nSPS) is 14.9. The summed E-state index contributed by atoms with van der Waals surface area (Å²) in [4.78, 5) is 10.6. The maximum atomic E-state index is 6.27. The van der Waals surface area contributed by atoms with Crippen LogP contribution in [0.15, 0.2) is 166 Å². The Morgan fingerprint density at radius 2 is 1.18 bits per heavy atom. The topological polar surface area (TPSA) is 49.9 Å². The number of nitrogens with one attached hydrogen (secondary N) is 1. The van der Waals surface area contributed by atoms with Gasteiger partial charge in [0.25, 0.3) is 0 Å². The van der Waals surface area contributed by atoms with Gasteiger partial charge in [-0.1, -0.05) is 121 Å². The molecular weight excluding hydrogens is 663 g/mol. The number of benzene rings is 7. The van der Waals surface area contributed by atoms with Crippen molar-refractivity contribution in [3.63, 3.8) is 0 Å². The van der Waals surface area contributed by atoms with Crippen LogP contribution in [0.2, 0.25) is 0 Å². The average Bonchev–Trinajstić information content (AvgIpc) is 3.89. The molecule has 0 radical (unpaired) electrons. The first-order chi connectivity index (χ1) is 25.3. The van der Waals surface area contributed by atoms with E-state index in [0.717, 1.165) is 50.3 Å². The van der Waals surface area contributed by atoms with Crippen LogP contribution in [-0.4, -0.2) is 11.7 Å². The molecule has 0 amide bonds. The van der Waals surface area contributed by atoms with E-state index < -0.39 is 0 Å². The van der Waals surface area contributed by atoms with E-state index in [2.05, 4.69) is 121 Å². The fraction of sp³-hybridized carbons (Fsp3) is 0.0222. The summed E-state index contributed by atoms with van der Waals surface area (Å²) >= 11 is 3.69. The summed E-state index contributed by atoms with van der Waals surface area (Å²) in [6, 6.07) is 53.6. The van der Waals surface area contributed by atoms with E-state index in [1.807, 2.05) is 59.1 Å². The molecule has 0 fully saturated rings. The molecule has 0 spiro atoms. The van der Waals surface area contributed by atoms with Crippen LogP contribution in [0.1, 0.15) is 22.9 Å². The second-order valence-corrected chi connectivity index (χ2v) is 15.0. The van der Waals surface area contributed by atoms with Crippen LogP contribution < -0.4 is 5.32 Å². The zero-order chi connectivity index (χ0) is 33.5. The number of fused-ring (bicyclic) bond motifs is 9. The summed E-state index contributed by atoms with van der Waals surface area (Å²) in [5, 5.41) is 10.9. The van der Waals surface area contributed by atoms with Gasteiger partial charge in [-0.2, -0.15) is 0 Å². The Hall–Kier alpha value is -6.08. The number of amidine groups is 2. The Labute approximate surface area is 300 Å². The van der Waals surface area contributed by atoms with E-state index in [1.54, 1.807) is 0 Å². The molecule has 7 aromatic carbocycles. The molecule has 1 atom stereocenters. The van der Waals surface area contributed by atoms with Gasteiger partial charge in [0.1, 0.15) is 23.2 Å². The van der Waals surface area contributed by atoms with Gasteiger partial charge in [0.15, 0.2) is 5.84 Å². The Morgan fingerprint density at radius 3 is 2.06 bits per heavy atom. The highest BCUT2D eigenvalue weighted by molar-refractivity contribution is 7.26. The second-order valence-electron chi connectivity index (χ2n) is 12.9. The summed E-state index contributed by atoms with van der Waals surface area (Å²) < 4.78 is 11.4. The molecule has 6 heteroatoms. The van der Waals surface area contributed by atoms with Crippen molar-refractivity contribution in [2.24, 2.45) is 9.98 Å². The molecule has 240 valence electrons. The monoisotopic (exact) mass is 689 g/mol. The Bertz CT molecular complexity index is 3070. The molecule has 0 saturated carbocycles. The number of aliphatic imine (C=N–C) groups is 2. The lowest BCUT2D eigenvalue weighted by atomic mass is 10.0. The third kappa shape index (κ3) is 4.50. The molecule has 11 rings (SSSR count). The SMILES string of the molecule is c1ccc(C2=NC(c3cccc4c3sc3cc(-c5cccc6c5sc5ccccc56)ccc34)=NC(c3cccc4oc5ccccc5c34)N2)cc1. The predicted octanol–water partition coefficient (Wildman–Crippen LogP) is 12.5. The summed E-state index contributed by atoms with van der Waals surface area (Å²) in [6.07, 6.45) is -0.365. The zero-order valence-electron chi connectivity index (χ0n) is 27.1. The molecule has 4 nitrogen and oxygen atoms in total. The number of hydrogen-bond donors (Lipinski definition) is 1. The van der Waals surface area contributed by atoms with Gasteiger partial charge in [-0.05, 0) is 41.5 Å². The highest BCUT2D eigenvalue weighted by Crippen LogP contribution is 2.43. The fourth-order valence-electron chi connectivity index (χ4n) is 7.62. The molecule has 4 heterocycles. The van der Waals surface area contributed by atoms with Gasteiger partial charge in [-0.15, -0.1) is 22.7 Å². The minimum absolute atomic E-state index is 0.365. The Kier molecular flexibility index (Phi) is 6.32. The standard InChI is InChI=1S/C45H27N3OS2/c1-2-11-26(12-3-1)43-46-44(34-18-10-21-37-40(34)33-14-4-6-20-36(33)49-37)48-45(47-43)35-19-9-17-32-30-24-23-27(25-39(30)51-42(32)35)28-15-8-16-31-29-13-5-7-22-38(29)50-41(28)31/h1-25,44H,(H,46,47,48). The largest absolute Gasteiger partial charge is 0.456 e. The van der Waals surface area contributed by atoms with Crippen molar-refractivity contribution in [2.75, 3.05) is 0 Å². The lowest BCUT2D eigenvalue weighted by molar-refractivity contribution is 0.662. The van der Waals surface area contributed by atoms with Gasteiger partial charge in [-0.25, -0.2) is 9.98 Å². The lowest BCUT2D eigenvalue weighted by Gasteiger charge is -2.24. The van der Waals surface area contributed by atoms with E-state index in [0.29, 0.717) is 0 Å². The van der Waals surface area contributed by atoms with Gasteiger partial charge >= 0.3 is 0 Å². The van der Waals surface area contributed by atoms with Crippen LogP contribution in [0, 0.1) is 0 Å². The maximum Gasteiger partial charge on any atom is 0.160 e. The third-order valence-corrected chi connectivity index (χ3v) is 12.4. The third-order valence-electron chi connectivity index (χ3n) is 9.97. The first-order valence-electron chi connectivity index (χ1n) is 17.0. The van der Waals surface area contributed by atoms with Crippen molar-refractivity contribution in [2.45, 2.75) is 6.17 Å². The summed E-state index contributed by atoms with van der Waals surface area (Å²) in [7, 11) is 0. The summed E-state index contributed by atoms with van der Waals surface area (Å²) in [5.41, 5.74) is 7.34. The Balaban J connectivity index is 1.09.